The topological polar surface area (TPSA) is 90.4 Å². The van der Waals surface area contributed by atoms with Crippen molar-refractivity contribution < 1.29 is 24.2 Å². The summed E-state index contributed by atoms with van der Waals surface area (Å²) in [7, 11) is 1.68. The second-order valence-electron chi connectivity index (χ2n) is 11.5. The third-order valence-electron chi connectivity index (χ3n) is 9.01. The molecule has 8 nitrogen and oxygen atoms in total. The van der Waals surface area contributed by atoms with Crippen LogP contribution in [-0.4, -0.2) is 81.9 Å². The quantitative estimate of drug-likeness (QED) is 0.315. The fourth-order valence-electron chi connectivity index (χ4n) is 7.33. The van der Waals surface area contributed by atoms with Gasteiger partial charge in [-0.05, 0) is 37.0 Å². The Bertz CT molecular complexity index is 1380. The Labute approximate surface area is 255 Å². The molecule has 3 fully saturated rings. The molecular formula is C33H38BrN3O5. The van der Waals surface area contributed by atoms with Gasteiger partial charge in [0.15, 0.2) is 0 Å². The summed E-state index contributed by atoms with van der Waals surface area (Å²) in [4.78, 5) is 48.0. The third-order valence-corrected chi connectivity index (χ3v) is 9.85. The van der Waals surface area contributed by atoms with Gasteiger partial charge >= 0.3 is 0 Å². The largest absolute Gasteiger partial charge is 0.394 e. The summed E-state index contributed by atoms with van der Waals surface area (Å²) in [5.74, 6) is -2.58. The van der Waals surface area contributed by atoms with E-state index in [1.165, 1.54) is 4.90 Å². The van der Waals surface area contributed by atoms with E-state index in [0.717, 1.165) is 16.8 Å². The van der Waals surface area contributed by atoms with Crippen molar-refractivity contribution in [2.24, 2.45) is 11.8 Å². The first-order valence-corrected chi connectivity index (χ1v) is 15.2. The molecule has 3 saturated heterocycles. The van der Waals surface area contributed by atoms with E-state index in [4.69, 9.17) is 4.74 Å². The number of anilines is 1. The molecule has 0 radical (unpaired) electrons. The van der Waals surface area contributed by atoms with Crippen molar-refractivity contribution in [1.29, 1.82) is 0 Å². The molecule has 7 atom stereocenters. The maximum Gasteiger partial charge on any atom is 0.253 e. The van der Waals surface area contributed by atoms with Gasteiger partial charge in [-0.25, -0.2) is 0 Å². The molecule has 3 amide bonds. The summed E-state index contributed by atoms with van der Waals surface area (Å²) >= 11 is 3.74. The molecule has 2 aromatic carbocycles. The zero-order valence-corrected chi connectivity index (χ0v) is 25.9. The number of aliphatic hydroxyl groups is 1. The molecule has 5 rings (SSSR count). The molecule has 3 unspecified atom stereocenters. The molecule has 3 aliphatic heterocycles. The highest BCUT2D eigenvalue weighted by Crippen LogP contribution is 2.61. The number of fused-ring (bicyclic) bond motifs is 1. The van der Waals surface area contributed by atoms with E-state index in [-0.39, 0.29) is 29.1 Å². The minimum atomic E-state index is -1.26. The number of carbonyl (C=O) groups excluding carboxylic acids is 3. The number of ether oxygens (including phenoxy) is 1. The number of para-hydroxylation sites is 1. The summed E-state index contributed by atoms with van der Waals surface area (Å²) in [5.41, 5.74) is 2.00. The van der Waals surface area contributed by atoms with Crippen LogP contribution in [0.25, 0.3) is 0 Å². The van der Waals surface area contributed by atoms with E-state index in [1.54, 1.807) is 29.0 Å². The molecule has 222 valence electrons. The monoisotopic (exact) mass is 635 g/mol. The van der Waals surface area contributed by atoms with Crippen molar-refractivity contribution >= 4 is 39.3 Å². The predicted molar refractivity (Wildman–Crippen MR) is 165 cm³/mol. The lowest BCUT2D eigenvalue weighted by atomic mass is 9.70. The van der Waals surface area contributed by atoms with Crippen LogP contribution in [0.2, 0.25) is 0 Å². The molecule has 2 aromatic rings. The molecule has 1 N–H and O–H groups in total. The van der Waals surface area contributed by atoms with E-state index in [1.807, 2.05) is 62.4 Å². The molecule has 9 heteroatoms. The van der Waals surface area contributed by atoms with Gasteiger partial charge in [0.1, 0.15) is 11.6 Å². The van der Waals surface area contributed by atoms with Crippen LogP contribution in [0.15, 0.2) is 73.8 Å². The fraction of sp³-hybridized carbons (Fsp3) is 0.424. The number of hydrogen-bond acceptors (Lipinski definition) is 5. The second kappa shape index (κ2) is 11.8. The lowest BCUT2D eigenvalue weighted by Gasteiger charge is -2.40. The van der Waals surface area contributed by atoms with E-state index < -0.39 is 42.2 Å². The average molecular weight is 637 g/mol. The number of carbonyl (C=O) groups is 3. The van der Waals surface area contributed by atoms with Gasteiger partial charge in [0.25, 0.3) is 5.91 Å². The Morgan fingerprint density at radius 2 is 1.74 bits per heavy atom. The molecule has 3 aliphatic rings. The lowest BCUT2D eigenvalue weighted by Crippen LogP contribution is -2.58. The lowest BCUT2D eigenvalue weighted by molar-refractivity contribution is -0.147. The van der Waals surface area contributed by atoms with E-state index in [0.29, 0.717) is 18.5 Å². The van der Waals surface area contributed by atoms with Crippen molar-refractivity contribution in [3.8, 4) is 0 Å². The highest BCUT2D eigenvalue weighted by molar-refractivity contribution is 9.09. The SMILES string of the molecule is C=CCN(C)C(=O)[C@H]1[C@H]2C(=O)N([C@H](CO)c3ccccc3)C(C(=O)N(CC=C)c3c(C)cccc3C)C23CC(Br)[C@@H]1O3. The number of aliphatic hydroxyl groups excluding tert-OH is 1. The highest BCUT2D eigenvalue weighted by Gasteiger charge is 2.77. The van der Waals surface area contributed by atoms with Crippen molar-refractivity contribution in [3.63, 3.8) is 0 Å². The van der Waals surface area contributed by atoms with Crippen LogP contribution in [0.3, 0.4) is 0 Å². The minimum Gasteiger partial charge on any atom is -0.394 e. The van der Waals surface area contributed by atoms with Crippen LogP contribution < -0.4 is 4.90 Å². The zero-order valence-electron chi connectivity index (χ0n) is 24.3. The number of amides is 3. The third kappa shape index (κ3) is 4.62. The summed E-state index contributed by atoms with van der Waals surface area (Å²) < 4.78 is 6.71. The Balaban J connectivity index is 1.69. The van der Waals surface area contributed by atoms with Crippen molar-refractivity contribution in [2.75, 3.05) is 31.6 Å². The summed E-state index contributed by atoms with van der Waals surface area (Å²) in [6, 6.07) is 13.1. The van der Waals surface area contributed by atoms with Crippen molar-refractivity contribution in [3.05, 3.63) is 90.5 Å². The normalized spacial score (nSPS) is 28.4. The molecule has 0 saturated carbocycles. The molecule has 0 aliphatic carbocycles. The smallest absolute Gasteiger partial charge is 0.253 e. The van der Waals surface area contributed by atoms with Gasteiger partial charge in [-0.1, -0.05) is 76.6 Å². The van der Waals surface area contributed by atoms with Crippen LogP contribution in [0, 0.1) is 25.7 Å². The molecule has 42 heavy (non-hydrogen) atoms. The van der Waals surface area contributed by atoms with Crippen LogP contribution >= 0.6 is 15.9 Å². The molecule has 2 bridgehead atoms. The predicted octanol–water partition coefficient (Wildman–Crippen LogP) is 3.95. The number of likely N-dealkylation sites (N-methyl/N-ethyl adjacent to an activating group) is 1. The molecule has 0 aromatic heterocycles. The molecule has 1 spiro atoms. The number of hydrogen-bond donors (Lipinski definition) is 1. The maximum absolute atomic E-state index is 15.0. The first kappa shape index (κ1) is 30.2. The first-order valence-electron chi connectivity index (χ1n) is 14.3. The highest BCUT2D eigenvalue weighted by atomic mass is 79.9. The van der Waals surface area contributed by atoms with E-state index >= 15 is 0 Å². The Kier molecular flexibility index (Phi) is 8.47. The van der Waals surface area contributed by atoms with Gasteiger partial charge < -0.3 is 24.5 Å². The van der Waals surface area contributed by atoms with Gasteiger partial charge in [0.05, 0.1) is 30.6 Å². The van der Waals surface area contributed by atoms with Crippen molar-refractivity contribution in [2.45, 2.75) is 48.9 Å². The first-order chi connectivity index (χ1) is 20.1. The van der Waals surface area contributed by atoms with Gasteiger partial charge in [0, 0.05) is 30.7 Å². The maximum atomic E-state index is 15.0. The Morgan fingerprint density at radius 1 is 1.10 bits per heavy atom. The second-order valence-corrected chi connectivity index (χ2v) is 12.7. The molecular weight excluding hydrogens is 598 g/mol. The zero-order chi connectivity index (χ0) is 30.3. The summed E-state index contributed by atoms with van der Waals surface area (Å²) in [5, 5.41) is 10.7. The Morgan fingerprint density at radius 3 is 2.33 bits per heavy atom. The molecule has 3 heterocycles. The number of halogens is 1. The van der Waals surface area contributed by atoms with Crippen LogP contribution in [0.1, 0.15) is 29.2 Å². The van der Waals surface area contributed by atoms with Gasteiger partial charge in [-0.3, -0.25) is 14.4 Å². The minimum absolute atomic E-state index is 0.213. The van der Waals surface area contributed by atoms with Gasteiger partial charge in [-0.15, -0.1) is 13.2 Å². The average Bonchev–Trinajstić information content (AvgIpc) is 3.56. The number of aryl methyl sites for hydroxylation is 2. The number of nitrogens with zero attached hydrogens (tertiary/aromatic N) is 3. The number of alkyl halides is 1. The van der Waals surface area contributed by atoms with E-state index in [9.17, 15) is 19.5 Å². The van der Waals surface area contributed by atoms with Crippen molar-refractivity contribution in [1.82, 2.24) is 9.80 Å². The van der Waals surface area contributed by atoms with E-state index in [2.05, 4.69) is 29.1 Å². The van der Waals surface area contributed by atoms with Gasteiger partial charge in [0.2, 0.25) is 11.8 Å². The van der Waals surface area contributed by atoms with Crippen LogP contribution in [0.5, 0.6) is 0 Å². The number of benzene rings is 2. The number of rotatable bonds is 10. The van der Waals surface area contributed by atoms with Gasteiger partial charge in [-0.2, -0.15) is 0 Å². The standard InChI is InChI=1S/C33H38BrN3O5/c1-6-16-35(5)30(39)25-26-31(40)37(24(19-38)22-14-9-8-10-15-22)29(33(26)18-23(34)28(25)42-33)32(41)36(17-7-2)27-20(3)12-11-13-21(27)4/h6-15,23-26,28-29,38H,1-2,16-19H2,3-5H3/t23?,24-,25+,26+,28+,29?,33?/m1/s1. The Hall–Kier alpha value is -3.27. The summed E-state index contributed by atoms with van der Waals surface area (Å²) in [6.07, 6.45) is 3.10. The summed E-state index contributed by atoms with van der Waals surface area (Å²) in [6.45, 7) is 11.7. The fourth-order valence-corrected chi connectivity index (χ4v) is 8.27. The number of likely N-dealkylation sites (tertiary alicyclic amines) is 1. The van der Waals surface area contributed by atoms with Crippen LogP contribution in [-0.2, 0) is 19.1 Å². The van der Waals surface area contributed by atoms with Crippen LogP contribution in [0.4, 0.5) is 5.69 Å².